The van der Waals surface area contributed by atoms with E-state index in [0.29, 0.717) is 12.2 Å². The van der Waals surface area contributed by atoms with Crippen molar-refractivity contribution in [1.29, 1.82) is 0 Å². The Morgan fingerprint density at radius 3 is 2.30 bits per heavy atom. The van der Waals surface area contributed by atoms with Gasteiger partial charge in [0.1, 0.15) is 5.69 Å². The van der Waals surface area contributed by atoms with Gasteiger partial charge in [0.05, 0.1) is 41.9 Å². The van der Waals surface area contributed by atoms with Crippen LogP contribution in [0.4, 0.5) is 24.5 Å². The van der Waals surface area contributed by atoms with Gasteiger partial charge in [-0.15, -0.1) is 0 Å². The number of alkyl halides is 3. The van der Waals surface area contributed by atoms with Gasteiger partial charge in [0, 0.05) is 19.3 Å². The molecule has 0 radical (unpaired) electrons. The Hall–Kier alpha value is -3.64. The van der Waals surface area contributed by atoms with Gasteiger partial charge in [-0.05, 0) is 26.8 Å². The molecule has 0 bridgehead atoms. The third-order valence-electron chi connectivity index (χ3n) is 5.26. The Morgan fingerprint density at radius 2 is 1.76 bits per heavy atom. The SMILES string of the molecule is CCn1ncc(NC(=O)C(C)Cn2nc(C(F)(F)F)cc2C)c1C(=O)Nc1cnn(C)c1C. The first-order chi connectivity index (χ1) is 15.4. The number of amides is 2. The van der Waals surface area contributed by atoms with Gasteiger partial charge in [-0.25, -0.2) is 0 Å². The van der Waals surface area contributed by atoms with E-state index in [0.717, 1.165) is 16.4 Å². The summed E-state index contributed by atoms with van der Waals surface area (Å²) in [5.41, 5.74) is 0.885. The second kappa shape index (κ2) is 9.08. The van der Waals surface area contributed by atoms with Crippen molar-refractivity contribution in [3.8, 4) is 0 Å². The molecular weight excluding hydrogens is 441 g/mol. The zero-order chi connectivity index (χ0) is 24.5. The number of carbonyl (C=O) groups excluding carboxylic acids is 2. The van der Waals surface area contributed by atoms with Crippen LogP contribution in [0.1, 0.15) is 41.4 Å². The van der Waals surface area contributed by atoms with Gasteiger partial charge in [0.15, 0.2) is 5.69 Å². The van der Waals surface area contributed by atoms with E-state index in [9.17, 15) is 22.8 Å². The summed E-state index contributed by atoms with van der Waals surface area (Å²) in [6.45, 7) is 6.96. The molecule has 0 aromatic carbocycles. The second-order valence-electron chi connectivity index (χ2n) is 7.69. The van der Waals surface area contributed by atoms with Gasteiger partial charge in [0.2, 0.25) is 5.91 Å². The first-order valence-corrected chi connectivity index (χ1v) is 10.2. The van der Waals surface area contributed by atoms with Crippen molar-refractivity contribution in [3.63, 3.8) is 0 Å². The summed E-state index contributed by atoms with van der Waals surface area (Å²) in [6, 6.07) is 0.929. The lowest BCUT2D eigenvalue weighted by Gasteiger charge is -2.14. The third kappa shape index (κ3) is 5.07. The molecule has 0 aliphatic heterocycles. The highest BCUT2D eigenvalue weighted by Gasteiger charge is 2.34. The molecule has 0 spiro atoms. The van der Waals surface area contributed by atoms with Gasteiger partial charge >= 0.3 is 6.18 Å². The van der Waals surface area contributed by atoms with Crippen molar-refractivity contribution in [2.75, 3.05) is 10.6 Å². The Morgan fingerprint density at radius 1 is 1.09 bits per heavy atom. The second-order valence-corrected chi connectivity index (χ2v) is 7.69. The Bertz CT molecular complexity index is 1170. The zero-order valence-corrected chi connectivity index (χ0v) is 18.9. The standard InChI is InChI=1S/C20H25F3N8O2/c1-6-30-17(19(33)26-14-8-24-29(5)13(14)4)15(9-25-30)27-18(32)11(2)10-31-12(3)7-16(28-31)20(21,22)23/h7-9,11H,6,10H2,1-5H3,(H,26,33)(H,27,32). The van der Waals surface area contributed by atoms with Crippen LogP contribution >= 0.6 is 0 Å². The highest BCUT2D eigenvalue weighted by atomic mass is 19.4. The summed E-state index contributed by atoms with van der Waals surface area (Å²) in [5, 5.41) is 17.2. The quantitative estimate of drug-likeness (QED) is 0.556. The maximum absolute atomic E-state index is 12.9. The fraction of sp³-hybridized carbons (Fsp3) is 0.450. The molecule has 2 N–H and O–H groups in total. The average Bonchev–Trinajstić information content (AvgIpc) is 3.41. The summed E-state index contributed by atoms with van der Waals surface area (Å²) in [5.74, 6) is -1.70. The number of hydrogen-bond acceptors (Lipinski definition) is 5. The number of carbonyl (C=O) groups is 2. The Balaban J connectivity index is 1.76. The van der Waals surface area contributed by atoms with E-state index in [2.05, 4.69) is 25.9 Å². The van der Waals surface area contributed by atoms with Crippen molar-refractivity contribution in [2.45, 2.75) is 47.0 Å². The fourth-order valence-corrected chi connectivity index (χ4v) is 3.19. The van der Waals surface area contributed by atoms with Crippen LogP contribution in [0.3, 0.4) is 0 Å². The van der Waals surface area contributed by atoms with E-state index < -0.39 is 29.6 Å². The molecule has 0 saturated carbocycles. The largest absolute Gasteiger partial charge is 0.435 e. The highest BCUT2D eigenvalue weighted by molar-refractivity contribution is 6.09. The molecule has 13 heteroatoms. The minimum absolute atomic E-state index is 0.0634. The van der Waals surface area contributed by atoms with Crippen LogP contribution in [-0.4, -0.2) is 41.2 Å². The van der Waals surface area contributed by atoms with Crippen molar-refractivity contribution in [3.05, 3.63) is 41.2 Å². The first-order valence-electron chi connectivity index (χ1n) is 10.2. The highest BCUT2D eigenvalue weighted by Crippen LogP contribution is 2.28. The molecule has 3 aromatic heterocycles. The van der Waals surface area contributed by atoms with Crippen molar-refractivity contribution < 1.29 is 22.8 Å². The fourth-order valence-electron chi connectivity index (χ4n) is 3.19. The van der Waals surface area contributed by atoms with Crippen molar-refractivity contribution in [1.82, 2.24) is 29.3 Å². The molecule has 10 nitrogen and oxygen atoms in total. The van der Waals surface area contributed by atoms with Crippen LogP contribution in [0.25, 0.3) is 0 Å². The van der Waals surface area contributed by atoms with Crippen molar-refractivity contribution >= 4 is 23.2 Å². The number of aryl methyl sites for hydroxylation is 3. The predicted octanol–water partition coefficient (Wildman–Crippen LogP) is 3.00. The van der Waals surface area contributed by atoms with E-state index in [1.54, 1.807) is 32.5 Å². The molecular formula is C20H25F3N8O2. The van der Waals surface area contributed by atoms with E-state index in [4.69, 9.17) is 0 Å². The molecule has 1 unspecified atom stereocenters. The molecule has 2 amide bonds. The lowest BCUT2D eigenvalue weighted by atomic mass is 10.1. The van der Waals surface area contributed by atoms with Gasteiger partial charge in [-0.3, -0.25) is 23.6 Å². The first kappa shape index (κ1) is 24.0. The molecule has 3 heterocycles. The lowest BCUT2D eigenvalue weighted by Crippen LogP contribution is -2.27. The van der Waals surface area contributed by atoms with Crippen molar-refractivity contribution in [2.24, 2.45) is 13.0 Å². The molecule has 178 valence electrons. The van der Waals surface area contributed by atoms with Crippen LogP contribution < -0.4 is 10.6 Å². The van der Waals surface area contributed by atoms with E-state index in [-0.39, 0.29) is 23.6 Å². The number of halogens is 3. The summed E-state index contributed by atoms with van der Waals surface area (Å²) < 4.78 is 42.9. The van der Waals surface area contributed by atoms with Crippen LogP contribution in [0.15, 0.2) is 18.5 Å². The molecule has 0 aliphatic rings. The minimum Gasteiger partial charge on any atom is -0.322 e. The average molecular weight is 466 g/mol. The molecule has 0 saturated heterocycles. The lowest BCUT2D eigenvalue weighted by molar-refractivity contribution is -0.141. The van der Waals surface area contributed by atoms with E-state index >= 15 is 0 Å². The number of aromatic nitrogens is 6. The molecule has 1 atom stereocenters. The smallest absolute Gasteiger partial charge is 0.322 e. The Labute approximate surface area is 187 Å². The summed E-state index contributed by atoms with van der Waals surface area (Å²) in [4.78, 5) is 25.7. The molecule has 33 heavy (non-hydrogen) atoms. The number of hydrogen-bond donors (Lipinski definition) is 2. The van der Waals surface area contributed by atoms with Gasteiger partial charge < -0.3 is 10.6 Å². The molecule has 3 aromatic rings. The van der Waals surface area contributed by atoms with Gasteiger partial charge in [-0.2, -0.15) is 28.5 Å². The zero-order valence-electron chi connectivity index (χ0n) is 18.9. The molecule has 0 aliphatic carbocycles. The number of nitrogens with one attached hydrogen (secondary N) is 2. The maximum atomic E-state index is 12.9. The van der Waals surface area contributed by atoms with E-state index in [1.807, 2.05) is 0 Å². The summed E-state index contributed by atoms with van der Waals surface area (Å²) in [6.07, 6.45) is -1.69. The predicted molar refractivity (Wildman–Crippen MR) is 114 cm³/mol. The minimum atomic E-state index is -4.56. The topological polar surface area (TPSA) is 112 Å². The van der Waals surface area contributed by atoms with Gasteiger partial charge in [0.25, 0.3) is 5.91 Å². The number of rotatable bonds is 7. The molecule has 0 fully saturated rings. The monoisotopic (exact) mass is 466 g/mol. The van der Waals surface area contributed by atoms with Crippen LogP contribution in [0, 0.1) is 19.8 Å². The summed E-state index contributed by atoms with van der Waals surface area (Å²) >= 11 is 0. The maximum Gasteiger partial charge on any atom is 0.435 e. The molecule has 3 rings (SSSR count). The van der Waals surface area contributed by atoms with Crippen LogP contribution in [0.2, 0.25) is 0 Å². The number of nitrogens with zero attached hydrogens (tertiary/aromatic N) is 6. The number of anilines is 2. The van der Waals surface area contributed by atoms with Crippen LogP contribution in [-0.2, 0) is 31.1 Å². The van der Waals surface area contributed by atoms with Crippen LogP contribution in [0.5, 0.6) is 0 Å². The Kier molecular flexibility index (Phi) is 6.60. The summed E-state index contributed by atoms with van der Waals surface area (Å²) in [7, 11) is 1.74. The van der Waals surface area contributed by atoms with Gasteiger partial charge in [-0.1, -0.05) is 6.92 Å². The third-order valence-corrected chi connectivity index (χ3v) is 5.26. The normalized spacial score (nSPS) is 12.6. The van der Waals surface area contributed by atoms with E-state index in [1.165, 1.54) is 24.0 Å².